The number of carbonyl (C=O) groups is 2. The summed E-state index contributed by atoms with van der Waals surface area (Å²) in [5.74, 6) is -2.45. The first-order valence-electron chi connectivity index (χ1n) is 8.63. The lowest BCUT2D eigenvalue weighted by Crippen LogP contribution is -2.44. The van der Waals surface area contributed by atoms with Gasteiger partial charge in [-0.25, -0.2) is 0 Å². The summed E-state index contributed by atoms with van der Waals surface area (Å²) in [5, 5.41) is 9.17. The van der Waals surface area contributed by atoms with Crippen LogP contribution in [-0.2, 0) is 4.79 Å². The summed E-state index contributed by atoms with van der Waals surface area (Å²) in [6.07, 6.45) is -4.52. The number of carbonyl (C=O) groups excluding carboxylic acids is 1. The number of halogens is 3. The van der Waals surface area contributed by atoms with Crippen LogP contribution in [0.5, 0.6) is 5.75 Å². The van der Waals surface area contributed by atoms with E-state index in [1.54, 1.807) is 6.92 Å². The lowest BCUT2D eigenvalue weighted by Gasteiger charge is -2.34. The number of hydrogen-bond acceptors (Lipinski definition) is 4. The molecule has 0 spiro atoms. The van der Waals surface area contributed by atoms with Crippen molar-refractivity contribution in [1.82, 2.24) is 4.90 Å². The van der Waals surface area contributed by atoms with Gasteiger partial charge in [0, 0.05) is 13.1 Å². The standard InChI is InChI=1S/C19H18F3NO5/c1-11-10-23(9-8-12(11)18(25)26)17(24)16-7-6-14(27-16)13-4-2-3-5-15(13)28-19(20,21)22/h2-7,11-12H,8-10H2,1H3,(H,25,26). The molecule has 2 heterocycles. The summed E-state index contributed by atoms with van der Waals surface area (Å²) in [6, 6.07) is 8.27. The fourth-order valence-corrected chi connectivity index (χ4v) is 3.33. The second kappa shape index (κ2) is 7.57. The first-order chi connectivity index (χ1) is 13.2. The van der Waals surface area contributed by atoms with E-state index >= 15 is 0 Å². The summed E-state index contributed by atoms with van der Waals surface area (Å²) in [4.78, 5) is 25.3. The molecule has 2 aromatic rings. The van der Waals surface area contributed by atoms with Crippen LogP contribution in [0, 0.1) is 11.8 Å². The predicted molar refractivity (Wildman–Crippen MR) is 91.6 cm³/mol. The van der Waals surface area contributed by atoms with Crippen molar-refractivity contribution >= 4 is 11.9 Å². The third kappa shape index (κ3) is 4.29. The van der Waals surface area contributed by atoms with E-state index in [4.69, 9.17) is 4.42 Å². The summed E-state index contributed by atoms with van der Waals surface area (Å²) in [7, 11) is 0. The average Bonchev–Trinajstić information content (AvgIpc) is 3.09. The fourth-order valence-electron chi connectivity index (χ4n) is 3.33. The molecule has 6 nitrogen and oxygen atoms in total. The molecule has 2 unspecified atom stereocenters. The molecule has 28 heavy (non-hydrogen) atoms. The van der Waals surface area contributed by atoms with Gasteiger partial charge in [0.05, 0.1) is 11.5 Å². The predicted octanol–water partition coefficient (Wildman–Crippen LogP) is 4.03. The highest BCUT2D eigenvalue weighted by Crippen LogP contribution is 2.35. The van der Waals surface area contributed by atoms with Gasteiger partial charge in [0.15, 0.2) is 5.76 Å². The molecule has 0 aliphatic carbocycles. The number of piperidine rings is 1. The lowest BCUT2D eigenvalue weighted by atomic mass is 9.87. The van der Waals surface area contributed by atoms with E-state index in [0.29, 0.717) is 6.42 Å². The van der Waals surface area contributed by atoms with E-state index in [1.165, 1.54) is 35.2 Å². The van der Waals surface area contributed by atoms with E-state index in [-0.39, 0.29) is 36.1 Å². The Kier molecular flexibility index (Phi) is 5.35. The second-order valence-electron chi connectivity index (χ2n) is 6.67. The summed E-state index contributed by atoms with van der Waals surface area (Å²) < 4.78 is 47.3. The Labute approximate surface area is 158 Å². The number of amides is 1. The van der Waals surface area contributed by atoms with Crippen LogP contribution in [0.1, 0.15) is 23.9 Å². The monoisotopic (exact) mass is 397 g/mol. The van der Waals surface area contributed by atoms with Crippen molar-refractivity contribution in [2.45, 2.75) is 19.7 Å². The van der Waals surface area contributed by atoms with E-state index < -0.39 is 29.9 Å². The van der Waals surface area contributed by atoms with Gasteiger partial charge in [-0.15, -0.1) is 13.2 Å². The molecule has 1 aromatic heterocycles. The number of likely N-dealkylation sites (tertiary alicyclic amines) is 1. The SMILES string of the molecule is CC1CN(C(=O)c2ccc(-c3ccccc3OC(F)(F)F)o2)CCC1C(=O)O. The maximum absolute atomic E-state index is 12.7. The van der Waals surface area contributed by atoms with Gasteiger partial charge in [-0.2, -0.15) is 0 Å². The van der Waals surface area contributed by atoms with E-state index in [1.807, 2.05) is 0 Å². The van der Waals surface area contributed by atoms with E-state index in [2.05, 4.69) is 4.74 Å². The first kappa shape index (κ1) is 19.8. The summed E-state index contributed by atoms with van der Waals surface area (Å²) in [6.45, 7) is 2.29. The van der Waals surface area contributed by atoms with Crippen molar-refractivity contribution in [3.05, 3.63) is 42.2 Å². The van der Waals surface area contributed by atoms with Crippen molar-refractivity contribution in [3.63, 3.8) is 0 Å². The molecule has 0 bridgehead atoms. The lowest BCUT2D eigenvalue weighted by molar-refractivity contribution is -0.274. The zero-order chi connectivity index (χ0) is 20.5. The highest BCUT2D eigenvalue weighted by atomic mass is 19.4. The van der Waals surface area contributed by atoms with Crippen molar-refractivity contribution in [3.8, 4) is 17.1 Å². The molecule has 1 saturated heterocycles. The largest absolute Gasteiger partial charge is 0.573 e. The Morgan fingerprint density at radius 1 is 1.21 bits per heavy atom. The number of benzene rings is 1. The van der Waals surface area contributed by atoms with Gasteiger partial charge >= 0.3 is 12.3 Å². The van der Waals surface area contributed by atoms with Crippen LogP contribution in [0.25, 0.3) is 11.3 Å². The molecular weight excluding hydrogens is 379 g/mol. The van der Waals surface area contributed by atoms with Crippen molar-refractivity contribution < 1.29 is 37.0 Å². The van der Waals surface area contributed by atoms with Crippen LogP contribution < -0.4 is 4.74 Å². The Morgan fingerprint density at radius 3 is 2.57 bits per heavy atom. The maximum Gasteiger partial charge on any atom is 0.573 e. The Hall–Kier alpha value is -2.97. The molecule has 1 aliphatic heterocycles. The van der Waals surface area contributed by atoms with Gasteiger partial charge in [-0.3, -0.25) is 9.59 Å². The number of carboxylic acid groups (broad SMARTS) is 1. The van der Waals surface area contributed by atoms with E-state index in [9.17, 15) is 27.9 Å². The molecule has 9 heteroatoms. The third-order valence-electron chi connectivity index (χ3n) is 4.70. The molecule has 1 amide bonds. The fraction of sp³-hybridized carbons (Fsp3) is 0.368. The van der Waals surface area contributed by atoms with Crippen LogP contribution in [0.4, 0.5) is 13.2 Å². The van der Waals surface area contributed by atoms with Crippen molar-refractivity contribution in [2.24, 2.45) is 11.8 Å². The quantitative estimate of drug-likeness (QED) is 0.843. The van der Waals surface area contributed by atoms with Gasteiger partial charge in [0.1, 0.15) is 11.5 Å². The zero-order valence-electron chi connectivity index (χ0n) is 14.9. The Morgan fingerprint density at radius 2 is 1.93 bits per heavy atom. The first-order valence-corrected chi connectivity index (χ1v) is 8.63. The van der Waals surface area contributed by atoms with Gasteiger partial charge in [-0.1, -0.05) is 19.1 Å². The number of hydrogen-bond donors (Lipinski definition) is 1. The molecular formula is C19H18F3NO5. The maximum atomic E-state index is 12.7. The molecule has 1 aliphatic rings. The second-order valence-corrected chi connectivity index (χ2v) is 6.67. The van der Waals surface area contributed by atoms with Crippen molar-refractivity contribution in [2.75, 3.05) is 13.1 Å². The molecule has 0 radical (unpaired) electrons. The molecule has 1 fully saturated rings. The smallest absolute Gasteiger partial charge is 0.481 e. The minimum Gasteiger partial charge on any atom is -0.481 e. The van der Waals surface area contributed by atoms with Gasteiger partial charge in [0.2, 0.25) is 0 Å². The summed E-state index contributed by atoms with van der Waals surface area (Å²) >= 11 is 0. The Bertz CT molecular complexity index is 876. The van der Waals surface area contributed by atoms with Crippen LogP contribution in [0.3, 0.4) is 0 Å². The number of aliphatic carboxylic acids is 1. The molecule has 2 atom stereocenters. The topological polar surface area (TPSA) is 80.0 Å². The molecule has 3 rings (SSSR count). The van der Waals surface area contributed by atoms with Crippen LogP contribution in [-0.4, -0.2) is 41.3 Å². The number of nitrogens with zero attached hydrogens (tertiary/aromatic N) is 1. The number of rotatable bonds is 4. The van der Waals surface area contributed by atoms with E-state index in [0.717, 1.165) is 6.07 Å². The highest BCUT2D eigenvalue weighted by molar-refractivity contribution is 5.92. The molecule has 1 N–H and O–H groups in total. The normalized spacial score (nSPS) is 20.1. The Balaban J connectivity index is 1.78. The number of alkyl halides is 3. The number of para-hydroxylation sites is 1. The number of carboxylic acids is 1. The van der Waals surface area contributed by atoms with Crippen LogP contribution >= 0.6 is 0 Å². The third-order valence-corrected chi connectivity index (χ3v) is 4.70. The van der Waals surface area contributed by atoms with Crippen LogP contribution in [0.15, 0.2) is 40.8 Å². The van der Waals surface area contributed by atoms with Gasteiger partial charge in [0.25, 0.3) is 5.91 Å². The average molecular weight is 397 g/mol. The van der Waals surface area contributed by atoms with Gasteiger partial charge in [-0.05, 0) is 36.6 Å². The number of ether oxygens (including phenoxy) is 1. The molecule has 1 aromatic carbocycles. The minimum absolute atomic E-state index is 0.0298. The minimum atomic E-state index is -4.86. The number of furan rings is 1. The zero-order valence-corrected chi connectivity index (χ0v) is 14.9. The summed E-state index contributed by atoms with van der Waals surface area (Å²) in [5.41, 5.74) is 0.0665. The van der Waals surface area contributed by atoms with Gasteiger partial charge < -0.3 is 19.2 Å². The molecule has 150 valence electrons. The highest BCUT2D eigenvalue weighted by Gasteiger charge is 2.35. The van der Waals surface area contributed by atoms with Crippen LogP contribution in [0.2, 0.25) is 0 Å². The van der Waals surface area contributed by atoms with Crippen molar-refractivity contribution in [1.29, 1.82) is 0 Å². The molecule has 0 saturated carbocycles.